The standard InChI is InChI=1S/C12H11NO2/c1-2-8-13-9-11(14)15-12(13)10-6-4-3-5-7-10/h1,3-7,12H,8-9H2. The van der Waals surface area contributed by atoms with Crippen molar-refractivity contribution in [2.45, 2.75) is 6.23 Å². The number of hydrogen-bond donors (Lipinski definition) is 0. The predicted molar refractivity (Wildman–Crippen MR) is 55.7 cm³/mol. The number of carbonyl (C=O) groups is 1. The Morgan fingerprint density at radius 1 is 1.47 bits per heavy atom. The summed E-state index contributed by atoms with van der Waals surface area (Å²) in [5.74, 6) is 2.30. The molecule has 1 atom stereocenters. The lowest BCUT2D eigenvalue weighted by atomic mass is 10.2. The van der Waals surface area contributed by atoms with Crippen LogP contribution in [0.3, 0.4) is 0 Å². The smallest absolute Gasteiger partial charge is 0.322 e. The molecule has 0 bridgehead atoms. The third-order valence-corrected chi connectivity index (χ3v) is 2.29. The van der Waals surface area contributed by atoms with Gasteiger partial charge in [-0.2, -0.15) is 0 Å². The number of rotatable bonds is 2. The lowest BCUT2D eigenvalue weighted by Crippen LogP contribution is -2.24. The van der Waals surface area contributed by atoms with Gasteiger partial charge in [0, 0.05) is 5.56 Å². The van der Waals surface area contributed by atoms with E-state index in [0.717, 1.165) is 5.56 Å². The van der Waals surface area contributed by atoms with Crippen LogP contribution in [0.1, 0.15) is 11.8 Å². The maximum absolute atomic E-state index is 11.2. The van der Waals surface area contributed by atoms with Gasteiger partial charge < -0.3 is 4.74 Å². The Bertz CT molecular complexity index is 394. The Labute approximate surface area is 88.6 Å². The molecule has 1 unspecified atom stereocenters. The second-order valence-corrected chi connectivity index (χ2v) is 3.36. The van der Waals surface area contributed by atoms with E-state index in [9.17, 15) is 4.79 Å². The molecule has 0 aromatic heterocycles. The number of cyclic esters (lactones) is 1. The Morgan fingerprint density at radius 3 is 2.87 bits per heavy atom. The minimum Gasteiger partial charge on any atom is -0.441 e. The normalized spacial score (nSPS) is 21.0. The van der Waals surface area contributed by atoms with Crippen LogP contribution >= 0.6 is 0 Å². The highest BCUT2D eigenvalue weighted by molar-refractivity contribution is 5.74. The van der Waals surface area contributed by atoms with Crippen LogP contribution in [0.25, 0.3) is 0 Å². The molecule has 1 aromatic rings. The van der Waals surface area contributed by atoms with Crippen molar-refractivity contribution in [3.8, 4) is 12.3 Å². The van der Waals surface area contributed by atoms with Crippen LogP contribution in [0, 0.1) is 12.3 Å². The molecule has 0 saturated carbocycles. The zero-order chi connectivity index (χ0) is 10.7. The highest BCUT2D eigenvalue weighted by Gasteiger charge is 2.32. The molecule has 0 radical (unpaired) electrons. The summed E-state index contributed by atoms with van der Waals surface area (Å²) in [5, 5.41) is 0. The second kappa shape index (κ2) is 4.16. The predicted octanol–water partition coefficient (Wildman–Crippen LogP) is 1.18. The molecule has 15 heavy (non-hydrogen) atoms. The van der Waals surface area contributed by atoms with Crippen molar-refractivity contribution < 1.29 is 9.53 Å². The first-order valence-electron chi connectivity index (χ1n) is 4.73. The molecule has 2 rings (SSSR count). The van der Waals surface area contributed by atoms with Gasteiger partial charge in [-0.15, -0.1) is 6.42 Å². The monoisotopic (exact) mass is 201 g/mol. The quantitative estimate of drug-likeness (QED) is 0.531. The lowest BCUT2D eigenvalue weighted by Gasteiger charge is -2.19. The van der Waals surface area contributed by atoms with Crippen molar-refractivity contribution in [2.75, 3.05) is 13.1 Å². The fourth-order valence-corrected chi connectivity index (χ4v) is 1.64. The van der Waals surface area contributed by atoms with Crippen LogP contribution in [0.2, 0.25) is 0 Å². The van der Waals surface area contributed by atoms with Gasteiger partial charge in [0.1, 0.15) is 6.54 Å². The summed E-state index contributed by atoms with van der Waals surface area (Å²) in [4.78, 5) is 13.0. The highest BCUT2D eigenvalue weighted by atomic mass is 16.6. The van der Waals surface area contributed by atoms with Gasteiger partial charge in [-0.25, -0.2) is 4.90 Å². The summed E-state index contributed by atoms with van der Waals surface area (Å²) in [5.41, 5.74) is 0.957. The van der Waals surface area contributed by atoms with Crippen LogP contribution in [-0.4, -0.2) is 24.0 Å². The molecule has 3 heteroatoms. The van der Waals surface area contributed by atoms with E-state index in [1.54, 1.807) is 0 Å². The molecule has 3 nitrogen and oxygen atoms in total. The zero-order valence-corrected chi connectivity index (χ0v) is 8.22. The van der Waals surface area contributed by atoms with Gasteiger partial charge in [0.2, 0.25) is 0 Å². The van der Waals surface area contributed by atoms with Gasteiger partial charge in [-0.05, 0) is 0 Å². The van der Waals surface area contributed by atoms with Crippen molar-refractivity contribution in [3.63, 3.8) is 0 Å². The van der Waals surface area contributed by atoms with Gasteiger partial charge in [-0.3, -0.25) is 4.79 Å². The van der Waals surface area contributed by atoms with Gasteiger partial charge >= 0.3 is 5.97 Å². The molecule has 0 amide bonds. The summed E-state index contributed by atoms with van der Waals surface area (Å²) in [7, 11) is 0. The molecule has 1 fully saturated rings. The number of nitrogens with zero attached hydrogens (tertiary/aromatic N) is 1. The van der Waals surface area contributed by atoms with Crippen LogP contribution in [-0.2, 0) is 9.53 Å². The van der Waals surface area contributed by atoms with Crippen molar-refractivity contribution in [3.05, 3.63) is 35.9 Å². The van der Waals surface area contributed by atoms with Gasteiger partial charge in [0.25, 0.3) is 0 Å². The van der Waals surface area contributed by atoms with E-state index in [0.29, 0.717) is 6.54 Å². The van der Waals surface area contributed by atoms with E-state index in [1.807, 2.05) is 35.2 Å². The fourth-order valence-electron chi connectivity index (χ4n) is 1.64. The first-order chi connectivity index (χ1) is 7.31. The van der Waals surface area contributed by atoms with E-state index in [4.69, 9.17) is 11.2 Å². The zero-order valence-electron chi connectivity index (χ0n) is 8.22. The molecule has 1 aliphatic rings. The van der Waals surface area contributed by atoms with Gasteiger partial charge in [-0.1, -0.05) is 36.3 Å². The number of ether oxygens (including phenoxy) is 1. The molecule has 1 aliphatic heterocycles. The Hall–Kier alpha value is -1.79. The molecule has 0 spiro atoms. The van der Waals surface area contributed by atoms with Gasteiger partial charge in [0.05, 0.1) is 6.54 Å². The van der Waals surface area contributed by atoms with Crippen LogP contribution in [0.15, 0.2) is 30.3 Å². The molecular formula is C12H11NO2. The maximum Gasteiger partial charge on any atom is 0.322 e. The molecule has 1 aromatic carbocycles. The number of esters is 1. The van der Waals surface area contributed by atoms with Crippen LogP contribution in [0.5, 0.6) is 0 Å². The van der Waals surface area contributed by atoms with E-state index < -0.39 is 0 Å². The first kappa shape index (κ1) is 9.75. The van der Waals surface area contributed by atoms with Gasteiger partial charge in [0.15, 0.2) is 6.23 Å². The fraction of sp³-hybridized carbons (Fsp3) is 0.250. The maximum atomic E-state index is 11.2. The summed E-state index contributed by atoms with van der Waals surface area (Å²) >= 11 is 0. The SMILES string of the molecule is C#CCN1CC(=O)OC1c1ccccc1. The van der Waals surface area contributed by atoms with E-state index in [2.05, 4.69) is 5.92 Å². The van der Waals surface area contributed by atoms with E-state index >= 15 is 0 Å². The Balaban J connectivity index is 2.21. The number of carbonyl (C=O) groups excluding carboxylic acids is 1. The Morgan fingerprint density at radius 2 is 2.20 bits per heavy atom. The summed E-state index contributed by atoms with van der Waals surface area (Å²) in [6.45, 7) is 0.690. The third kappa shape index (κ3) is 2.00. The summed E-state index contributed by atoms with van der Waals surface area (Å²) in [6.07, 6.45) is 4.91. The topological polar surface area (TPSA) is 29.5 Å². The third-order valence-electron chi connectivity index (χ3n) is 2.29. The molecule has 0 aliphatic carbocycles. The van der Waals surface area contributed by atoms with Crippen LogP contribution < -0.4 is 0 Å². The molecular weight excluding hydrogens is 190 g/mol. The van der Waals surface area contributed by atoms with Crippen molar-refractivity contribution in [1.82, 2.24) is 4.90 Å². The molecule has 0 N–H and O–H groups in total. The van der Waals surface area contributed by atoms with Crippen molar-refractivity contribution in [1.29, 1.82) is 0 Å². The highest BCUT2D eigenvalue weighted by Crippen LogP contribution is 2.26. The number of hydrogen-bond acceptors (Lipinski definition) is 3. The van der Waals surface area contributed by atoms with E-state index in [1.165, 1.54) is 0 Å². The van der Waals surface area contributed by atoms with Crippen molar-refractivity contribution in [2.24, 2.45) is 0 Å². The lowest BCUT2D eigenvalue weighted by molar-refractivity contribution is -0.141. The second-order valence-electron chi connectivity index (χ2n) is 3.36. The number of terminal acetylenes is 1. The molecule has 1 heterocycles. The molecule has 1 saturated heterocycles. The minimum absolute atomic E-state index is 0.223. The molecule has 76 valence electrons. The average Bonchev–Trinajstić information content (AvgIpc) is 2.62. The Kier molecular flexibility index (Phi) is 2.70. The first-order valence-corrected chi connectivity index (χ1v) is 4.73. The average molecular weight is 201 g/mol. The van der Waals surface area contributed by atoms with E-state index in [-0.39, 0.29) is 18.7 Å². The van der Waals surface area contributed by atoms with Crippen LogP contribution in [0.4, 0.5) is 0 Å². The minimum atomic E-state index is -0.324. The van der Waals surface area contributed by atoms with Crippen molar-refractivity contribution >= 4 is 5.97 Å². The summed E-state index contributed by atoms with van der Waals surface area (Å²) < 4.78 is 5.20. The summed E-state index contributed by atoms with van der Waals surface area (Å²) in [6, 6.07) is 9.59. The number of benzene rings is 1. The largest absolute Gasteiger partial charge is 0.441 e.